The molecule has 7 heteroatoms. The number of hydrogen-bond acceptors (Lipinski definition) is 2. The third kappa shape index (κ3) is 3.23. The monoisotopic (exact) mass is 378 g/mol. The highest BCUT2D eigenvalue weighted by Crippen LogP contribution is 2.31. The van der Waals surface area contributed by atoms with Gasteiger partial charge in [-0.15, -0.1) is 0 Å². The van der Waals surface area contributed by atoms with Gasteiger partial charge in [-0.3, -0.25) is 4.68 Å². The van der Waals surface area contributed by atoms with Crippen LogP contribution in [0.15, 0.2) is 18.3 Å². The normalized spacial score (nSPS) is 19.3. The summed E-state index contributed by atoms with van der Waals surface area (Å²) >= 11 is 12.4. The first-order valence-electron chi connectivity index (χ1n) is 8.56. The highest BCUT2D eigenvalue weighted by molar-refractivity contribution is 6.35. The molecule has 5 nitrogen and oxygen atoms in total. The topological polar surface area (TPSA) is 50.2 Å². The summed E-state index contributed by atoms with van der Waals surface area (Å²) in [6.07, 6.45) is 5.75. The number of hydrogen-bond donors (Lipinski definition) is 1. The molecule has 1 aromatic carbocycles. The van der Waals surface area contributed by atoms with Crippen molar-refractivity contribution >= 4 is 29.2 Å². The maximum Gasteiger partial charge on any atom is 0.318 e. The van der Waals surface area contributed by atoms with Gasteiger partial charge in [0.2, 0.25) is 0 Å². The smallest absolute Gasteiger partial charge is 0.318 e. The van der Waals surface area contributed by atoms with Gasteiger partial charge in [0.15, 0.2) is 0 Å². The SMILES string of the molecule is Cn1cc2c(n1)CCCC2NC(=O)N1CCc2c(Cl)cc(Cl)cc2C1. The predicted octanol–water partition coefficient (Wildman–Crippen LogP) is 3.87. The number of fused-ring (bicyclic) bond motifs is 2. The van der Waals surface area contributed by atoms with Crippen LogP contribution in [0.2, 0.25) is 10.0 Å². The van der Waals surface area contributed by atoms with Gasteiger partial charge in [-0.1, -0.05) is 23.2 Å². The zero-order valence-electron chi connectivity index (χ0n) is 14.1. The van der Waals surface area contributed by atoms with E-state index in [0.717, 1.165) is 48.1 Å². The van der Waals surface area contributed by atoms with Gasteiger partial charge in [0, 0.05) is 41.9 Å². The van der Waals surface area contributed by atoms with Crippen molar-refractivity contribution in [2.24, 2.45) is 7.05 Å². The molecule has 0 fully saturated rings. The molecule has 0 saturated carbocycles. The minimum absolute atomic E-state index is 0.0364. The number of aryl methyl sites for hydroxylation is 2. The Balaban J connectivity index is 1.49. The molecule has 132 valence electrons. The van der Waals surface area contributed by atoms with Crippen LogP contribution >= 0.6 is 23.2 Å². The van der Waals surface area contributed by atoms with Crippen LogP contribution in [0, 0.1) is 0 Å². The van der Waals surface area contributed by atoms with Gasteiger partial charge in [0.25, 0.3) is 0 Å². The lowest BCUT2D eigenvalue weighted by molar-refractivity contribution is 0.187. The van der Waals surface area contributed by atoms with Crippen molar-refractivity contribution in [2.75, 3.05) is 6.54 Å². The van der Waals surface area contributed by atoms with Crippen molar-refractivity contribution in [2.45, 2.75) is 38.3 Å². The van der Waals surface area contributed by atoms with Crippen LogP contribution in [0.3, 0.4) is 0 Å². The molecule has 1 aliphatic heterocycles. The molecule has 4 rings (SSSR count). The quantitative estimate of drug-likeness (QED) is 0.818. The largest absolute Gasteiger partial charge is 0.331 e. The summed E-state index contributed by atoms with van der Waals surface area (Å²) in [7, 11) is 1.92. The van der Waals surface area contributed by atoms with Crippen LogP contribution in [0.5, 0.6) is 0 Å². The Morgan fingerprint density at radius 1 is 1.32 bits per heavy atom. The van der Waals surface area contributed by atoms with Crippen molar-refractivity contribution in [1.29, 1.82) is 0 Å². The second-order valence-corrected chi connectivity index (χ2v) is 7.64. The molecule has 2 heterocycles. The van der Waals surface area contributed by atoms with Crippen molar-refractivity contribution in [3.05, 3.63) is 50.8 Å². The Morgan fingerprint density at radius 2 is 2.16 bits per heavy atom. The van der Waals surface area contributed by atoms with E-state index in [1.54, 1.807) is 6.07 Å². The molecule has 0 saturated heterocycles. The Bertz CT molecular complexity index is 833. The number of halogens is 2. The van der Waals surface area contributed by atoms with Crippen LogP contribution in [-0.4, -0.2) is 27.3 Å². The van der Waals surface area contributed by atoms with Crippen molar-refractivity contribution in [3.63, 3.8) is 0 Å². The molecule has 1 atom stereocenters. The summed E-state index contributed by atoms with van der Waals surface area (Å²) in [5.74, 6) is 0. The van der Waals surface area contributed by atoms with E-state index in [0.29, 0.717) is 23.1 Å². The molecule has 0 radical (unpaired) electrons. The molecule has 1 aromatic heterocycles. The number of amides is 2. The fraction of sp³-hybridized carbons (Fsp3) is 0.444. The third-order valence-corrected chi connectivity index (χ3v) is 5.61. The fourth-order valence-electron chi connectivity index (χ4n) is 3.84. The highest BCUT2D eigenvalue weighted by atomic mass is 35.5. The Kier molecular flexibility index (Phi) is 4.38. The van der Waals surface area contributed by atoms with Gasteiger partial charge in [0.1, 0.15) is 0 Å². The summed E-state index contributed by atoms with van der Waals surface area (Å²) in [5, 5.41) is 8.98. The number of carbonyl (C=O) groups is 1. The minimum atomic E-state index is -0.0385. The van der Waals surface area contributed by atoms with Crippen LogP contribution < -0.4 is 5.32 Å². The third-order valence-electron chi connectivity index (χ3n) is 5.05. The molecule has 2 aromatic rings. The summed E-state index contributed by atoms with van der Waals surface area (Å²) in [4.78, 5) is 14.6. The van der Waals surface area contributed by atoms with E-state index in [-0.39, 0.29) is 12.1 Å². The van der Waals surface area contributed by atoms with Gasteiger partial charge < -0.3 is 10.2 Å². The van der Waals surface area contributed by atoms with E-state index in [1.165, 1.54) is 0 Å². The fourth-order valence-corrected chi connectivity index (χ4v) is 4.47. The molecule has 0 spiro atoms. The average Bonchev–Trinajstić information content (AvgIpc) is 2.95. The van der Waals surface area contributed by atoms with Gasteiger partial charge >= 0.3 is 6.03 Å². The van der Waals surface area contributed by atoms with Crippen molar-refractivity contribution < 1.29 is 4.79 Å². The van der Waals surface area contributed by atoms with Crippen molar-refractivity contribution in [3.8, 4) is 0 Å². The molecule has 2 aliphatic rings. The van der Waals surface area contributed by atoms with E-state index in [9.17, 15) is 4.79 Å². The van der Waals surface area contributed by atoms with Crippen molar-refractivity contribution in [1.82, 2.24) is 20.0 Å². The average molecular weight is 379 g/mol. The zero-order chi connectivity index (χ0) is 17.6. The first kappa shape index (κ1) is 16.7. The zero-order valence-corrected chi connectivity index (χ0v) is 15.6. The molecule has 1 aliphatic carbocycles. The number of nitrogens with zero attached hydrogens (tertiary/aromatic N) is 3. The van der Waals surface area contributed by atoms with Crippen LogP contribution in [0.25, 0.3) is 0 Å². The van der Waals surface area contributed by atoms with Gasteiger partial charge in [-0.05, 0) is 48.9 Å². The first-order valence-corrected chi connectivity index (χ1v) is 9.31. The maximum atomic E-state index is 12.8. The maximum absolute atomic E-state index is 12.8. The Morgan fingerprint density at radius 3 is 3.00 bits per heavy atom. The summed E-state index contributed by atoms with van der Waals surface area (Å²) < 4.78 is 1.83. The summed E-state index contributed by atoms with van der Waals surface area (Å²) in [6, 6.07) is 3.67. The van der Waals surface area contributed by atoms with Gasteiger partial charge in [-0.25, -0.2) is 4.79 Å². The number of nitrogens with one attached hydrogen (secondary N) is 1. The van der Waals surface area contributed by atoms with Crippen LogP contribution in [-0.2, 0) is 26.4 Å². The predicted molar refractivity (Wildman–Crippen MR) is 98.0 cm³/mol. The molecule has 2 amide bonds. The lowest BCUT2D eigenvalue weighted by Crippen LogP contribution is -2.44. The molecule has 0 bridgehead atoms. The summed E-state index contributed by atoms with van der Waals surface area (Å²) in [6.45, 7) is 1.20. The lowest BCUT2D eigenvalue weighted by atomic mass is 9.93. The van der Waals surface area contributed by atoms with E-state index in [4.69, 9.17) is 23.2 Å². The Labute approximate surface area is 156 Å². The second-order valence-electron chi connectivity index (χ2n) is 6.80. The Hall–Kier alpha value is -1.72. The standard InChI is InChI=1S/C18H20Cl2N4O/c1-23-10-14-16(3-2-4-17(14)22-23)21-18(25)24-6-5-13-11(9-24)7-12(19)8-15(13)20/h7-8,10,16H,2-6,9H2,1H3,(H,21,25). The van der Waals surface area contributed by atoms with E-state index >= 15 is 0 Å². The molecule has 25 heavy (non-hydrogen) atoms. The van der Waals surface area contributed by atoms with E-state index in [2.05, 4.69) is 10.4 Å². The second kappa shape index (κ2) is 6.54. The van der Waals surface area contributed by atoms with Gasteiger partial charge in [0.05, 0.1) is 11.7 Å². The van der Waals surface area contributed by atoms with Gasteiger partial charge in [-0.2, -0.15) is 5.10 Å². The molecular weight excluding hydrogens is 359 g/mol. The number of benzene rings is 1. The number of carbonyl (C=O) groups excluding carboxylic acids is 1. The van der Waals surface area contributed by atoms with E-state index in [1.807, 2.05) is 28.9 Å². The highest BCUT2D eigenvalue weighted by Gasteiger charge is 2.28. The molecule has 1 unspecified atom stereocenters. The van der Waals surface area contributed by atoms with Crippen LogP contribution in [0.4, 0.5) is 4.79 Å². The number of urea groups is 1. The lowest BCUT2D eigenvalue weighted by Gasteiger charge is -2.32. The number of rotatable bonds is 1. The summed E-state index contributed by atoms with van der Waals surface area (Å²) in [5.41, 5.74) is 4.37. The van der Waals surface area contributed by atoms with Crippen LogP contribution in [0.1, 0.15) is 41.3 Å². The molecular formula is C18H20Cl2N4O. The minimum Gasteiger partial charge on any atom is -0.331 e. The first-order chi connectivity index (χ1) is 12.0. The number of aromatic nitrogens is 2. The molecule has 1 N–H and O–H groups in total. The van der Waals surface area contributed by atoms with E-state index < -0.39 is 0 Å².